The van der Waals surface area contributed by atoms with Crippen LogP contribution in [0.3, 0.4) is 0 Å². The third kappa shape index (κ3) is 4.97. The number of piperazine rings is 1. The lowest BCUT2D eigenvalue weighted by Gasteiger charge is -2.37. The van der Waals surface area contributed by atoms with Gasteiger partial charge in [0.1, 0.15) is 29.3 Å². The Morgan fingerprint density at radius 3 is 2.62 bits per heavy atom. The van der Waals surface area contributed by atoms with E-state index in [1.54, 1.807) is 28.1 Å². The van der Waals surface area contributed by atoms with Crippen molar-refractivity contribution in [3.8, 4) is 5.75 Å². The maximum absolute atomic E-state index is 14.2. The van der Waals surface area contributed by atoms with E-state index in [4.69, 9.17) is 4.74 Å². The summed E-state index contributed by atoms with van der Waals surface area (Å²) in [6.07, 6.45) is -2.24. The number of hydrogen-bond donors (Lipinski definition) is 2. The molecule has 0 spiro atoms. The van der Waals surface area contributed by atoms with Crippen molar-refractivity contribution < 1.29 is 22.7 Å². The molecule has 0 aliphatic carbocycles. The van der Waals surface area contributed by atoms with E-state index in [0.29, 0.717) is 45.1 Å². The Kier molecular flexibility index (Phi) is 6.73. The molecule has 1 amide bonds. The molecule has 6 rings (SSSR count). The van der Waals surface area contributed by atoms with Crippen LogP contribution in [0.2, 0.25) is 0 Å². The first-order chi connectivity index (χ1) is 18.9. The van der Waals surface area contributed by atoms with Crippen LogP contribution < -0.4 is 20.4 Å². The number of alkyl halides is 3. The van der Waals surface area contributed by atoms with Gasteiger partial charge in [-0.25, -0.2) is 15.0 Å². The molecule has 2 N–H and O–H groups in total. The number of amides is 1. The number of hydrazine groups is 1. The van der Waals surface area contributed by atoms with Crippen molar-refractivity contribution in [1.29, 1.82) is 0 Å². The van der Waals surface area contributed by atoms with Crippen LogP contribution in [-0.2, 0) is 6.18 Å². The van der Waals surface area contributed by atoms with Crippen molar-refractivity contribution in [3.63, 3.8) is 0 Å². The number of fused-ring (bicyclic) bond motifs is 2. The molecule has 3 aromatic rings. The van der Waals surface area contributed by atoms with Gasteiger partial charge < -0.3 is 20.3 Å². The van der Waals surface area contributed by atoms with Gasteiger partial charge in [0.15, 0.2) is 0 Å². The highest BCUT2D eigenvalue weighted by Gasteiger charge is 2.38. The van der Waals surface area contributed by atoms with Gasteiger partial charge in [-0.15, -0.1) is 0 Å². The average Bonchev–Trinajstić information content (AvgIpc) is 3.36. The van der Waals surface area contributed by atoms with E-state index in [2.05, 4.69) is 20.6 Å². The molecule has 0 saturated carbocycles. The normalized spacial score (nSPS) is 19.6. The van der Waals surface area contributed by atoms with Crippen LogP contribution >= 0.6 is 0 Å². The van der Waals surface area contributed by atoms with Crippen LogP contribution in [-0.4, -0.2) is 71.2 Å². The van der Waals surface area contributed by atoms with E-state index >= 15 is 0 Å². The Bertz CT molecular complexity index is 1350. The second-order valence-electron chi connectivity index (χ2n) is 9.69. The molecule has 4 heterocycles. The molecule has 2 fully saturated rings. The molecular formula is C27H28F3N7O2. The molecule has 9 nitrogen and oxygen atoms in total. The van der Waals surface area contributed by atoms with E-state index < -0.39 is 17.6 Å². The first-order valence-electron chi connectivity index (χ1n) is 13.0. The zero-order chi connectivity index (χ0) is 27.0. The second-order valence-corrected chi connectivity index (χ2v) is 9.69. The summed E-state index contributed by atoms with van der Waals surface area (Å²) in [4.78, 5) is 23.8. The maximum Gasteiger partial charge on any atom is 0.421 e. The lowest BCUT2D eigenvalue weighted by molar-refractivity contribution is -0.137. The number of para-hydroxylation sites is 1. The van der Waals surface area contributed by atoms with Crippen LogP contribution in [0.25, 0.3) is 0 Å². The van der Waals surface area contributed by atoms with Crippen molar-refractivity contribution in [3.05, 3.63) is 65.9 Å². The van der Waals surface area contributed by atoms with Crippen LogP contribution in [0, 0.1) is 0 Å². The minimum atomic E-state index is -4.72. The van der Waals surface area contributed by atoms with Crippen LogP contribution in [0.1, 0.15) is 28.8 Å². The highest BCUT2D eigenvalue weighted by atomic mass is 19.4. The largest absolute Gasteiger partial charge is 0.491 e. The molecule has 2 aromatic carbocycles. The Hall–Kier alpha value is -3.90. The van der Waals surface area contributed by atoms with Gasteiger partial charge in [0.05, 0.1) is 17.4 Å². The Balaban J connectivity index is 1.43. The maximum atomic E-state index is 14.2. The number of carbonyl (C=O) groups excluding carboxylic acids is 1. The summed E-state index contributed by atoms with van der Waals surface area (Å²) in [7, 11) is 0. The summed E-state index contributed by atoms with van der Waals surface area (Å²) >= 11 is 0. The molecule has 204 valence electrons. The van der Waals surface area contributed by atoms with E-state index in [0.717, 1.165) is 24.7 Å². The van der Waals surface area contributed by atoms with Gasteiger partial charge in [0, 0.05) is 38.9 Å². The molecule has 39 heavy (non-hydrogen) atoms. The first-order valence-corrected chi connectivity index (χ1v) is 13.0. The van der Waals surface area contributed by atoms with Crippen LogP contribution in [0.5, 0.6) is 5.75 Å². The number of aromatic nitrogens is 2. The number of nitrogens with one attached hydrogen (secondary N) is 2. The zero-order valence-corrected chi connectivity index (χ0v) is 21.1. The molecule has 0 bridgehead atoms. The van der Waals surface area contributed by atoms with E-state index in [1.165, 1.54) is 0 Å². The molecule has 1 aromatic heterocycles. The number of carbonyl (C=O) groups is 1. The average molecular weight is 540 g/mol. The summed E-state index contributed by atoms with van der Waals surface area (Å²) in [5, 5.41) is 9.85. The summed E-state index contributed by atoms with van der Waals surface area (Å²) in [6.45, 7) is 3.61. The fourth-order valence-corrected chi connectivity index (χ4v) is 5.31. The topological polar surface area (TPSA) is 85.9 Å². The summed E-state index contributed by atoms with van der Waals surface area (Å²) < 4.78 is 48.4. The Morgan fingerprint density at radius 1 is 1.05 bits per heavy atom. The fourth-order valence-electron chi connectivity index (χ4n) is 5.31. The minimum absolute atomic E-state index is 0.0485. The second kappa shape index (κ2) is 10.3. The zero-order valence-electron chi connectivity index (χ0n) is 21.1. The van der Waals surface area contributed by atoms with E-state index in [9.17, 15) is 18.0 Å². The van der Waals surface area contributed by atoms with E-state index in [-0.39, 0.29) is 29.1 Å². The molecule has 3 aliphatic heterocycles. The molecule has 1 atom stereocenters. The number of rotatable bonds is 5. The third-order valence-electron chi connectivity index (χ3n) is 7.21. The smallest absolute Gasteiger partial charge is 0.421 e. The monoisotopic (exact) mass is 539 g/mol. The van der Waals surface area contributed by atoms with E-state index in [1.807, 2.05) is 35.3 Å². The highest BCUT2D eigenvalue weighted by Crippen LogP contribution is 2.39. The van der Waals surface area contributed by atoms with Crippen LogP contribution in [0.15, 0.2) is 54.7 Å². The van der Waals surface area contributed by atoms with Gasteiger partial charge >= 0.3 is 6.18 Å². The quantitative estimate of drug-likeness (QED) is 0.499. The summed E-state index contributed by atoms with van der Waals surface area (Å²) in [5.74, 6) is -0.272. The number of nitrogens with zero attached hydrogens (tertiary/aromatic N) is 5. The van der Waals surface area contributed by atoms with Gasteiger partial charge in [-0.1, -0.05) is 24.3 Å². The predicted octanol–water partition coefficient (Wildman–Crippen LogP) is 4.19. The van der Waals surface area contributed by atoms with Gasteiger partial charge in [0.25, 0.3) is 5.91 Å². The van der Waals surface area contributed by atoms with Gasteiger partial charge in [-0.3, -0.25) is 4.79 Å². The lowest BCUT2D eigenvalue weighted by Crippen LogP contribution is -2.51. The Morgan fingerprint density at radius 2 is 1.85 bits per heavy atom. The summed E-state index contributed by atoms with van der Waals surface area (Å²) in [6, 6.07) is 14.1. The minimum Gasteiger partial charge on any atom is -0.491 e. The molecule has 0 unspecified atom stereocenters. The number of ether oxygens (including phenoxy) is 1. The summed E-state index contributed by atoms with van der Waals surface area (Å²) in [5.41, 5.74) is 0.103. The van der Waals surface area contributed by atoms with Gasteiger partial charge in [0.2, 0.25) is 5.95 Å². The Labute approximate surface area is 223 Å². The molecule has 3 aliphatic rings. The number of anilines is 4. The molecular weight excluding hydrogens is 511 g/mol. The molecule has 0 radical (unpaired) electrons. The van der Waals surface area contributed by atoms with Crippen molar-refractivity contribution in [2.45, 2.75) is 25.1 Å². The first kappa shape index (κ1) is 25.4. The van der Waals surface area contributed by atoms with Crippen molar-refractivity contribution in [2.24, 2.45) is 0 Å². The van der Waals surface area contributed by atoms with Crippen molar-refractivity contribution in [1.82, 2.24) is 25.2 Å². The van der Waals surface area contributed by atoms with Gasteiger partial charge in [-0.05, 0) is 37.1 Å². The van der Waals surface area contributed by atoms with Gasteiger partial charge in [-0.2, -0.15) is 18.2 Å². The van der Waals surface area contributed by atoms with Crippen molar-refractivity contribution >= 4 is 29.0 Å². The number of halogens is 3. The lowest BCUT2D eigenvalue weighted by atomic mass is 10.1. The number of hydrogen-bond acceptors (Lipinski definition) is 8. The molecule has 12 heteroatoms. The number of benzene rings is 2. The standard InChI is InChI=1S/C27H28F3N7O2/c28-27(29,30)20-16-32-26(37(18-6-2-1-3-7-18)35-14-11-31-12-15-35)34-24(20)33-21-9-4-10-22-23(21)25(38)36-13-5-8-19(36)17-39-22/h1-4,6-7,9-10,16,19,31H,5,8,11-15,17H2,(H,32,33,34)/t19-/m0/s1. The van der Waals surface area contributed by atoms with Crippen LogP contribution in [0.4, 0.5) is 36.3 Å². The SMILES string of the molecule is O=C1c2c(Nc3nc(N(c4ccccc4)N4CCNCC4)ncc3C(F)(F)F)cccc2OC[C@@H]2CCCN12. The highest BCUT2D eigenvalue weighted by molar-refractivity contribution is 6.03. The van der Waals surface area contributed by atoms with Crippen molar-refractivity contribution in [2.75, 3.05) is 49.7 Å². The third-order valence-corrected chi connectivity index (χ3v) is 7.21. The predicted molar refractivity (Wildman–Crippen MR) is 139 cm³/mol. The fraction of sp³-hybridized carbons (Fsp3) is 0.370. The molecule has 2 saturated heterocycles.